The molecule has 0 aliphatic heterocycles. The maximum atomic E-state index is 11.8. The third-order valence-corrected chi connectivity index (χ3v) is 3.49. The predicted octanol–water partition coefficient (Wildman–Crippen LogP) is 4.22. The van der Waals surface area contributed by atoms with Crippen LogP contribution < -0.4 is 10.6 Å². The summed E-state index contributed by atoms with van der Waals surface area (Å²) >= 11 is 17.7. The summed E-state index contributed by atoms with van der Waals surface area (Å²) in [5, 5.41) is 5.56. The van der Waals surface area contributed by atoms with Crippen LogP contribution in [-0.2, 0) is 9.59 Å². The lowest BCUT2D eigenvalue weighted by Gasteiger charge is -2.10. The van der Waals surface area contributed by atoms with Gasteiger partial charge in [-0.05, 0) is 24.3 Å². The summed E-state index contributed by atoms with van der Waals surface area (Å²) in [6.07, 6.45) is 0. The Kier molecular flexibility index (Phi) is 5.07. The van der Waals surface area contributed by atoms with E-state index in [4.69, 9.17) is 34.8 Å². The highest BCUT2D eigenvalue weighted by molar-refractivity contribution is 6.47. The Hall–Kier alpha value is -1.75. The summed E-state index contributed by atoms with van der Waals surface area (Å²) in [4.78, 5) is 23.7. The quantitative estimate of drug-likeness (QED) is 0.802. The molecular formula is C14H9Cl3N2O2. The van der Waals surface area contributed by atoms with Gasteiger partial charge in [-0.15, -0.1) is 0 Å². The highest BCUT2D eigenvalue weighted by Crippen LogP contribution is 2.29. The standard InChI is InChI=1S/C14H9Cl3N2O2/c15-8-4-1-2-7-11(8)18-13(20)14(21)19-12-9(16)5-3-6-10(12)17/h1-7H,(H,18,20)(H,19,21). The molecule has 0 heterocycles. The summed E-state index contributed by atoms with van der Waals surface area (Å²) in [7, 11) is 0. The van der Waals surface area contributed by atoms with Gasteiger partial charge in [0.1, 0.15) is 0 Å². The van der Waals surface area contributed by atoms with Crippen LogP contribution in [0.15, 0.2) is 42.5 Å². The largest absolute Gasteiger partial charge is 0.316 e. The fraction of sp³-hybridized carbons (Fsp3) is 0. The molecule has 2 aromatic rings. The molecule has 0 saturated carbocycles. The Morgan fingerprint density at radius 1 is 0.714 bits per heavy atom. The lowest BCUT2D eigenvalue weighted by molar-refractivity contribution is -0.132. The molecule has 2 aromatic carbocycles. The van der Waals surface area contributed by atoms with Crippen LogP contribution in [-0.4, -0.2) is 11.8 Å². The van der Waals surface area contributed by atoms with E-state index in [9.17, 15) is 9.59 Å². The molecule has 0 bridgehead atoms. The van der Waals surface area contributed by atoms with Gasteiger partial charge >= 0.3 is 11.8 Å². The Morgan fingerprint density at radius 3 is 1.86 bits per heavy atom. The van der Waals surface area contributed by atoms with E-state index in [1.807, 2.05) is 0 Å². The Morgan fingerprint density at radius 2 is 1.24 bits per heavy atom. The molecule has 0 fully saturated rings. The molecular weight excluding hydrogens is 335 g/mol. The van der Waals surface area contributed by atoms with Crippen LogP contribution in [0.2, 0.25) is 15.1 Å². The van der Waals surface area contributed by atoms with Crippen LogP contribution in [0, 0.1) is 0 Å². The van der Waals surface area contributed by atoms with E-state index < -0.39 is 11.8 Å². The van der Waals surface area contributed by atoms with Crippen LogP contribution in [0.25, 0.3) is 0 Å². The summed E-state index contributed by atoms with van der Waals surface area (Å²) in [5.74, 6) is -1.77. The molecule has 108 valence electrons. The van der Waals surface area contributed by atoms with Gasteiger partial charge in [0.05, 0.1) is 26.4 Å². The van der Waals surface area contributed by atoms with Crippen molar-refractivity contribution >= 4 is 58.0 Å². The fourth-order valence-electron chi connectivity index (χ4n) is 1.53. The maximum Gasteiger partial charge on any atom is 0.314 e. The lowest BCUT2D eigenvalue weighted by atomic mass is 10.3. The minimum Gasteiger partial charge on any atom is -0.316 e. The van der Waals surface area contributed by atoms with Gasteiger partial charge in [0.2, 0.25) is 0 Å². The van der Waals surface area contributed by atoms with Crippen LogP contribution in [0.5, 0.6) is 0 Å². The summed E-state index contributed by atoms with van der Waals surface area (Å²) < 4.78 is 0. The molecule has 0 aliphatic rings. The summed E-state index contributed by atoms with van der Waals surface area (Å²) in [6.45, 7) is 0. The second kappa shape index (κ2) is 6.80. The Bertz CT molecular complexity index is 684. The molecule has 0 aromatic heterocycles. The van der Waals surface area contributed by atoms with Gasteiger partial charge in [0.25, 0.3) is 0 Å². The van der Waals surface area contributed by atoms with Crippen molar-refractivity contribution in [3.63, 3.8) is 0 Å². The average molecular weight is 344 g/mol. The topological polar surface area (TPSA) is 58.2 Å². The first-order chi connectivity index (χ1) is 9.99. The number of anilines is 2. The van der Waals surface area contributed by atoms with Crippen molar-refractivity contribution in [1.29, 1.82) is 0 Å². The predicted molar refractivity (Wildman–Crippen MR) is 85.2 cm³/mol. The second-order valence-corrected chi connectivity index (χ2v) is 5.21. The SMILES string of the molecule is O=C(Nc1ccccc1Cl)C(=O)Nc1c(Cl)cccc1Cl. The third-order valence-electron chi connectivity index (χ3n) is 2.53. The van der Waals surface area contributed by atoms with E-state index in [0.29, 0.717) is 10.7 Å². The van der Waals surface area contributed by atoms with Crippen molar-refractivity contribution in [1.82, 2.24) is 0 Å². The lowest BCUT2D eigenvalue weighted by Crippen LogP contribution is -2.29. The first-order valence-electron chi connectivity index (χ1n) is 5.80. The van der Waals surface area contributed by atoms with Crippen LogP contribution in [0.4, 0.5) is 11.4 Å². The highest BCUT2D eigenvalue weighted by Gasteiger charge is 2.17. The fourth-order valence-corrected chi connectivity index (χ4v) is 2.20. The zero-order valence-corrected chi connectivity index (χ0v) is 12.8. The van der Waals surface area contributed by atoms with E-state index in [0.717, 1.165) is 0 Å². The zero-order valence-electron chi connectivity index (χ0n) is 10.5. The zero-order chi connectivity index (χ0) is 15.4. The minimum atomic E-state index is -0.898. The maximum absolute atomic E-state index is 11.8. The number of amides is 2. The number of carbonyl (C=O) groups excluding carboxylic acids is 2. The van der Waals surface area contributed by atoms with Gasteiger partial charge in [-0.1, -0.05) is 53.0 Å². The van der Waals surface area contributed by atoms with Crippen molar-refractivity contribution in [2.45, 2.75) is 0 Å². The van der Waals surface area contributed by atoms with Gasteiger partial charge in [0, 0.05) is 0 Å². The Labute approximate surface area is 136 Å². The molecule has 2 amide bonds. The van der Waals surface area contributed by atoms with Crippen molar-refractivity contribution in [2.24, 2.45) is 0 Å². The van der Waals surface area contributed by atoms with Crippen molar-refractivity contribution in [3.05, 3.63) is 57.5 Å². The number of carbonyl (C=O) groups is 2. The first-order valence-corrected chi connectivity index (χ1v) is 6.93. The van der Waals surface area contributed by atoms with E-state index >= 15 is 0 Å². The molecule has 0 atom stereocenters. The van der Waals surface area contributed by atoms with E-state index in [-0.39, 0.29) is 15.7 Å². The molecule has 4 nitrogen and oxygen atoms in total. The van der Waals surface area contributed by atoms with Gasteiger partial charge in [0.15, 0.2) is 0 Å². The van der Waals surface area contributed by atoms with Crippen LogP contribution in [0.3, 0.4) is 0 Å². The van der Waals surface area contributed by atoms with Gasteiger partial charge in [-0.2, -0.15) is 0 Å². The van der Waals surface area contributed by atoms with E-state index in [2.05, 4.69) is 10.6 Å². The molecule has 0 saturated heterocycles. The molecule has 2 rings (SSSR count). The van der Waals surface area contributed by atoms with Gasteiger partial charge in [-0.3, -0.25) is 9.59 Å². The minimum absolute atomic E-state index is 0.181. The number of halogens is 3. The third kappa shape index (κ3) is 3.88. The van der Waals surface area contributed by atoms with E-state index in [1.54, 1.807) is 42.5 Å². The average Bonchev–Trinajstić information content (AvgIpc) is 2.45. The number of rotatable bonds is 2. The molecule has 21 heavy (non-hydrogen) atoms. The number of hydrogen-bond acceptors (Lipinski definition) is 2. The molecule has 2 N–H and O–H groups in total. The van der Waals surface area contributed by atoms with Gasteiger partial charge in [-0.25, -0.2) is 0 Å². The monoisotopic (exact) mass is 342 g/mol. The molecule has 0 spiro atoms. The number of hydrogen-bond donors (Lipinski definition) is 2. The van der Waals surface area contributed by atoms with E-state index in [1.165, 1.54) is 0 Å². The summed E-state index contributed by atoms with van der Waals surface area (Å²) in [6, 6.07) is 11.3. The normalized spacial score (nSPS) is 10.0. The van der Waals surface area contributed by atoms with Crippen molar-refractivity contribution < 1.29 is 9.59 Å². The second-order valence-electron chi connectivity index (χ2n) is 3.98. The molecule has 0 unspecified atom stereocenters. The number of nitrogens with one attached hydrogen (secondary N) is 2. The highest BCUT2D eigenvalue weighted by atomic mass is 35.5. The smallest absolute Gasteiger partial charge is 0.314 e. The number of benzene rings is 2. The number of para-hydroxylation sites is 2. The van der Waals surface area contributed by atoms with Crippen molar-refractivity contribution in [3.8, 4) is 0 Å². The first kappa shape index (κ1) is 15.6. The van der Waals surface area contributed by atoms with Gasteiger partial charge < -0.3 is 10.6 Å². The summed E-state index contributed by atoms with van der Waals surface area (Å²) in [5.41, 5.74) is 0.518. The molecule has 7 heteroatoms. The van der Waals surface area contributed by atoms with Crippen molar-refractivity contribution in [2.75, 3.05) is 10.6 Å². The molecule has 0 aliphatic carbocycles. The van der Waals surface area contributed by atoms with Crippen LogP contribution in [0.1, 0.15) is 0 Å². The Balaban J connectivity index is 2.10. The molecule has 0 radical (unpaired) electrons. The van der Waals surface area contributed by atoms with Crippen LogP contribution >= 0.6 is 34.8 Å².